The summed E-state index contributed by atoms with van der Waals surface area (Å²) in [7, 11) is 0. The molecule has 16 heavy (non-hydrogen) atoms. The maximum Gasteiger partial charge on any atom is 0.0334 e. The van der Waals surface area contributed by atoms with Gasteiger partial charge in [0.05, 0.1) is 0 Å². The molecule has 0 aliphatic heterocycles. The zero-order valence-electron chi connectivity index (χ0n) is 10.8. The van der Waals surface area contributed by atoms with Gasteiger partial charge >= 0.3 is 0 Å². The van der Waals surface area contributed by atoms with Gasteiger partial charge < -0.3 is 0 Å². The van der Waals surface area contributed by atoms with Crippen LogP contribution in [0.2, 0.25) is 0 Å². The van der Waals surface area contributed by atoms with E-state index >= 15 is 0 Å². The molecule has 0 atom stereocenters. The average Bonchev–Trinajstić information content (AvgIpc) is 2.24. The maximum absolute atomic E-state index is 3.89. The van der Waals surface area contributed by atoms with E-state index in [2.05, 4.69) is 24.3 Å². The summed E-state index contributed by atoms with van der Waals surface area (Å²) in [5, 5.41) is 2.42. The van der Waals surface area contributed by atoms with Crippen molar-refractivity contribution in [2.75, 3.05) is 13.1 Å². The molecule has 0 saturated heterocycles. The molecule has 2 nitrogen and oxygen atoms in total. The first-order valence-corrected chi connectivity index (χ1v) is 7.26. The van der Waals surface area contributed by atoms with Gasteiger partial charge in [-0.05, 0) is 56.3 Å². The Labute approximate surface area is 99.7 Å². The Morgan fingerprint density at radius 3 is 1.75 bits per heavy atom. The molecule has 2 heteroatoms. The molecule has 0 spiro atoms. The van der Waals surface area contributed by atoms with E-state index in [-0.39, 0.29) is 0 Å². The fraction of sp³-hybridized carbons (Fsp3) is 1.00. The molecule has 0 amide bonds. The molecular weight excluding hydrogens is 196 g/mol. The fourth-order valence-electron chi connectivity index (χ4n) is 4.96. The van der Waals surface area contributed by atoms with Gasteiger partial charge in [0, 0.05) is 18.6 Å². The molecule has 92 valence electrons. The minimum absolute atomic E-state index is 0.501. The second kappa shape index (κ2) is 3.99. The fourth-order valence-corrected chi connectivity index (χ4v) is 4.96. The lowest BCUT2D eigenvalue weighted by Gasteiger charge is -2.58. The topological polar surface area (TPSA) is 15.3 Å². The highest BCUT2D eigenvalue weighted by Gasteiger charge is 2.51. The Hall–Kier alpha value is -0.0800. The van der Waals surface area contributed by atoms with Crippen LogP contribution in [-0.4, -0.2) is 23.6 Å². The van der Waals surface area contributed by atoms with Gasteiger partial charge in [-0.25, -0.2) is 10.4 Å². The van der Waals surface area contributed by atoms with Crippen LogP contribution in [0.25, 0.3) is 0 Å². The summed E-state index contributed by atoms with van der Waals surface area (Å²) in [5.41, 5.74) is 4.40. The molecule has 4 bridgehead atoms. The van der Waals surface area contributed by atoms with E-state index in [9.17, 15) is 0 Å². The van der Waals surface area contributed by atoms with Gasteiger partial charge in [0.25, 0.3) is 0 Å². The van der Waals surface area contributed by atoms with E-state index in [1.54, 1.807) is 0 Å². The molecule has 4 aliphatic rings. The van der Waals surface area contributed by atoms with Gasteiger partial charge in [0.15, 0.2) is 0 Å². The van der Waals surface area contributed by atoms with Crippen LogP contribution in [-0.2, 0) is 0 Å². The standard InChI is InChI=1S/C14H26N2/c1-3-16(4-2)15-14-8-11-5-12(9-14)7-13(6-11)10-14/h11-13,15H,3-10H2,1-2H3. The largest absolute Gasteiger partial charge is 0.249 e. The SMILES string of the molecule is CCN(CC)NC12CC3CC(CC(C3)C1)C2. The van der Waals surface area contributed by atoms with Crippen molar-refractivity contribution < 1.29 is 0 Å². The van der Waals surface area contributed by atoms with Crippen molar-refractivity contribution in [3.63, 3.8) is 0 Å². The van der Waals surface area contributed by atoms with Gasteiger partial charge in [-0.1, -0.05) is 13.8 Å². The summed E-state index contributed by atoms with van der Waals surface area (Å²) >= 11 is 0. The first-order chi connectivity index (χ1) is 7.73. The molecule has 0 unspecified atom stereocenters. The van der Waals surface area contributed by atoms with Gasteiger partial charge in [-0.2, -0.15) is 0 Å². The summed E-state index contributed by atoms with van der Waals surface area (Å²) in [6, 6.07) is 0. The number of nitrogens with zero attached hydrogens (tertiary/aromatic N) is 1. The first-order valence-electron chi connectivity index (χ1n) is 7.26. The third-order valence-corrected chi connectivity index (χ3v) is 5.20. The predicted octanol–water partition coefficient (Wildman–Crippen LogP) is 2.80. The van der Waals surface area contributed by atoms with Gasteiger partial charge in [0.2, 0.25) is 0 Å². The van der Waals surface area contributed by atoms with Crippen molar-refractivity contribution in [2.45, 2.75) is 57.9 Å². The van der Waals surface area contributed by atoms with E-state index in [4.69, 9.17) is 0 Å². The minimum Gasteiger partial charge on any atom is -0.249 e. The lowest BCUT2D eigenvalue weighted by molar-refractivity contribution is -0.0568. The van der Waals surface area contributed by atoms with E-state index in [0.717, 1.165) is 30.8 Å². The van der Waals surface area contributed by atoms with Crippen molar-refractivity contribution in [3.05, 3.63) is 0 Å². The Morgan fingerprint density at radius 2 is 1.38 bits per heavy atom. The van der Waals surface area contributed by atoms with Crippen molar-refractivity contribution in [3.8, 4) is 0 Å². The highest BCUT2D eigenvalue weighted by atomic mass is 15.5. The molecule has 4 rings (SSSR count). The summed E-state index contributed by atoms with van der Waals surface area (Å²) in [4.78, 5) is 0. The molecule has 0 radical (unpaired) electrons. The molecule has 0 aromatic carbocycles. The van der Waals surface area contributed by atoms with Crippen LogP contribution in [0.5, 0.6) is 0 Å². The Kier molecular flexibility index (Phi) is 2.75. The Bertz CT molecular complexity index is 222. The van der Waals surface area contributed by atoms with Crippen LogP contribution in [0.1, 0.15) is 52.4 Å². The molecule has 1 N–H and O–H groups in total. The Morgan fingerprint density at radius 1 is 0.938 bits per heavy atom. The van der Waals surface area contributed by atoms with Crippen LogP contribution in [0.3, 0.4) is 0 Å². The number of hydrogen-bond donors (Lipinski definition) is 1. The second-order valence-corrected chi connectivity index (χ2v) is 6.48. The number of nitrogens with one attached hydrogen (secondary N) is 1. The summed E-state index contributed by atoms with van der Waals surface area (Å²) < 4.78 is 0. The predicted molar refractivity (Wildman–Crippen MR) is 67.0 cm³/mol. The van der Waals surface area contributed by atoms with Crippen molar-refractivity contribution in [1.82, 2.24) is 10.4 Å². The molecule has 0 heterocycles. The summed E-state index contributed by atoms with van der Waals surface area (Å²) in [6.07, 6.45) is 8.98. The van der Waals surface area contributed by atoms with Crippen LogP contribution < -0.4 is 5.43 Å². The van der Waals surface area contributed by atoms with E-state index in [1.165, 1.54) is 38.5 Å². The van der Waals surface area contributed by atoms with Gasteiger partial charge in [-0.3, -0.25) is 0 Å². The van der Waals surface area contributed by atoms with E-state index in [0.29, 0.717) is 5.54 Å². The second-order valence-electron chi connectivity index (χ2n) is 6.48. The summed E-state index contributed by atoms with van der Waals surface area (Å²) in [6.45, 7) is 6.80. The van der Waals surface area contributed by atoms with Crippen LogP contribution in [0.15, 0.2) is 0 Å². The number of hydrazine groups is 1. The highest BCUT2D eigenvalue weighted by Crippen LogP contribution is 2.55. The molecule has 4 aliphatic carbocycles. The minimum atomic E-state index is 0.501. The molecule has 4 saturated carbocycles. The van der Waals surface area contributed by atoms with Crippen molar-refractivity contribution in [1.29, 1.82) is 0 Å². The van der Waals surface area contributed by atoms with Crippen molar-refractivity contribution >= 4 is 0 Å². The third-order valence-electron chi connectivity index (χ3n) is 5.20. The average molecular weight is 222 g/mol. The highest BCUT2D eigenvalue weighted by molar-refractivity contribution is 5.05. The number of hydrogen-bond acceptors (Lipinski definition) is 2. The Balaban J connectivity index is 1.73. The van der Waals surface area contributed by atoms with E-state index < -0.39 is 0 Å². The first kappa shape index (κ1) is 11.0. The van der Waals surface area contributed by atoms with Crippen LogP contribution in [0.4, 0.5) is 0 Å². The third kappa shape index (κ3) is 1.80. The lowest BCUT2D eigenvalue weighted by Crippen LogP contribution is -2.62. The zero-order chi connectivity index (χ0) is 11.2. The van der Waals surface area contributed by atoms with Gasteiger partial charge in [-0.15, -0.1) is 0 Å². The van der Waals surface area contributed by atoms with Gasteiger partial charge in [0.1, 0.15) is 0 Å². The molecule has 0 aromatic heterocycles. The monoisotopic (exact) mass is 222 g/mol. The van der Waals surface area contributed by atoms with Crippen LogP contribution in [0, 0.1) is 17.8 Å². The summed E-state index contributed by atoms with van der Waals surface area (Å²) in [5.74, 6) is 3.15. The smallest absolute Gasteiger partial charge is 0.0334 e. The lowest BCUT2D eigenvalue weighted by atomic mass is 9.53. The molecular formula is C14H26N2. The molecule has 4 fully saturated rings. The normalized spacial score (nSPS) is 45.6. The molecule has 0 aromatic rings. The van der Waals surface area contributed by atoms with Crippen molar-refractivity contribution in [2.24, 2.45) is 17.8 Å². The maximum atomic E-state index is 3.89. The zero-order valence-corrected chi connectivity index (χ0v) is 10.8. The van der Waals surface area contributed by atoms with Crippen LogP contribution >= 0.6 is 0 Å². The quantitative estimate of drug-likeness (QED) is 0.736. The number of rotatable bonds is 4. The van der Waals surface area contributed by atoms with E-state index in [1.807, 2.05) is 0 Å².